The van der Waals surface area contributed by atoms with Crippen molar-refractivity contribution >= 4 is 11.9 Å². The highest BCUT2D eigenvalue weighted by atomic mass is 16.4. The molecule has 1 aliphatic rings. The van der Waals surface area contributed by atoms with Crippen LogP contribution in [0.2, 0.25) is 0 Å². The molecule has 2 rings (SSSR count). The van der Waals surface area contributed by atoms with Crippen LogP contribution in [0.15, 0.2) is 10.5 Å². The van der Waals surface area contributed by atoms with Gasteiger partial charge >= 0.3 is 5.97 Å². The average molecular weight is 265 g/mol. The van der Waals surface area contributed by atoms with Crippen molar-refractivity contribution in [2.45, 2.75) is 32.6 Å². The second kappa shape index (κ2) is 5.47. The summed E-state index contributed by atoms with van der Waals surface area (Å²) in [5, 5.41) is 9.03. The molecule has 1 aromatic rings. The number of nitrogens with zero attached hydrogens (tertiary/aromatic N) is 1. The maximum Gasteiger partial charge on any atom is 0.339 e. The monoisotopic (exact) mass is 265 g/mol. The number of hydrogen-bond acceptors (Lipinski definition) is 3. The molecule has 0 bridgehead atoms. The summed E-state index contributed by atoms with van der Waals surface area (Å²) < 4.78 is 5.36. The third-order valence-electron chi connectivity index (χ3n) is 3.49. The number of carboxylic acids is 1. The van der Waals surface area contributed by atoms with Gasteiger partial charge in [-0.3, -0.25) is 4.79 Å². The van der Waals surface area contributed by atoms with Crippen LogP contribution in [0.1, 0.15) is 52.9 Å². The third-order valence-corrected chi connectivity index (χ3v) is 3.49. The van der Waals surface area contributed by atoms with Crippen LogP contribution in [0.25, 0.3) is 0 Å². The quantitative estimate of drug-likeness (QED) is 0.857. The molecule has 0 aromatic carbocycles. The van der Waals surface area contributed by atoms with Gasteiger partial charge in [0.05, 0.1) is 0 Å². The van der Waals surface area contributed by atoms with Gasteiger partial charge in [-0.15, -0.1) is 0 Å². The van der Waals surface area contributed by atoms with Gasteiger partial charge in [-0.1, -0.05) is 19.8 Å². The molecule has 0 atom stereocenters. The van der Waals surface area contributed by atoms with Crippen molar-refractivity contribution in [3.8, 4) is 0 Å². The smallest absolute Gasteiger partial charge is 0.339 e. The van der Waals surface area contributed by atoms with E-state index in [9.17, 15) is 9.59 Å². The Labute approximate surface area is 112 Å². The summed E-state index contributed by atoms with van der Waals surface area (Å²) in [5.41, 5.74) is 0.0847. The van der Waals surface area contributed by atoms with E-state index < -0.39 is 5.97 Å². The molecular weight excluding hydrogens is 246 g/mol. The van der Waals surface area contributed by atoms with Crippen molar-refractivity contribution in [3.05, 3.63) is 23.2 Å². The molecule has 0 aliphatic heterocycles. The number of aromatic carboxylic acids is 1. The van der Waals surface area contributed by atoms with Crippen molar-refractivity contribution in [1.29, 1.82) is 0 Å². The molecule has 104 valence electrons. The second-order valence-corrected chi connectivity index (χ2v) is 5.06. The van der Waals surface area contributed by atoms with Crippen LogP contribution >= 0.6 is 0 Å². The van der Waals surface area contributed by atoms with E-state index in [0.717, 1.165) is 12.3 Å². The Bertz CT molecular complexity index is 488. The fraction of sp³-hybridized carbons (Fsp3) is 0.571. The molecule has 5 nitrogen and oxygen atoms in total. The number of aryl methyl sites for hydroxylation is 1. The molecule has 1 amide bonds. The number of furan rings is 1. The summed E-state index contributed by atoms with van der Waals surface area (Å²) in [6.45, 7) is 2.49. The van der Waals surface area contributed by atoms with Gasteiger partial charge in [0.25, 0.3) is 5.91 Å². The summed E-state index contributed by atoms with van der Waals surface area (Å²) in [5.74, 6) is -0.0743. The van der Waals surface area contributed by atoms with Gasteiger partial charge < -0.3 is 14.4 Å². The highest BCUT2D eigenvalue weighted by Gasteiger charge is 2.25. The number of rotatable bonds is 6. The summed E-state index contributed by atoms with van der Waals surface area (Å²) in [6, 6.07) is 1.33. The van der Waals surface area contributed by atoms with Crippen molar-refractivity contribution in [2.24, 2.45) is 5.92 Å². The first kappa shape index (κ1) is 13.6. The Kier molecular flexibility index (Phi) is 3.93. The van der Waals surface area contributed by atoms with Crippen molar-refractivity contribution in [3.63, 3.8) is 0 Å². The normalized spacial score (nSPS) is 14.4. The summed E-state index contributed by atoms with van der Waals surface area (Å²) in [4.78, 5) is 24.7. The molecule has 0 radical (unpaired) electrons. The molecule has 5 heteroatoms. The number of amides is 1. The molecule has 1 saturated carbocycles. The number of carboxylic acid groups (broad SMARTS) is 1. The standard InChI is InChI=1S/C14H19NO4/c1-3-11-10(14(17)18)8-12(19-11)13(16)15(2)7-6-9-4-5-9/h8-9H,3-7H2,1-2H3,(H,17,18). The van der Waals surface area contributed by atoms with E-state index in [0.29, 0.717) is 18.7 Å². The fourth-order valence-electron chi connectivity index (χ4n) is 2.05. The Morgan fingerprint density at radius 2 is 2.16 bits per heavy atom. The number of carbonyl (C=O) groups is 2. The van der Waals surface area contributed by atoms with Crippen LogP contribution in [0.3, 0.4) is 0 Å². The van der Waals surface area contributed by atoms with Crippen molar-refractivity contribution < 1.29 is 19.1 Å². The Balaban J connectivity index is 2.06. The Hall–Kier alpha value is -1.78. The summed E-state index contributed by atoms with van der Waals surface area (Å²) in [6.07, 6.45) is 3.98. The minimum atomic E-state index is -1.06. The third kappa shape index (κ3) is 3.16. The van der Waals surface area contributed by atoms with E-state index in [1.54, 1.807) is 18.9 Å². The van der Waals surface area contributed by atoms with Crippen LogP contribution < -0.4 is 0 Å². The molecule has 0 saturated heterocycles. The molecule has 1 fully saturated rings. The highest BCUT2D eigenvalue weighted by molar-refractivity contribution is 5.96. The molecule has 0 spiro atoms. The lowest BCUT2D eigenvalue weighted by Crippen LogP contribution is -2.27. The van der Waals surface area contributed by atoms with Gasteiger partial charge in [0.15, 0.2) is 5.76 Å². The van der Waals surface area contributed by atoms with E-state index in [1.807, 2.05) is 0 Å². The summed E-state index contributed by atoms with van der Waals surface area (Å²) in [7, 11) is 1.72. The molecular formula is C14H19NO4. The molecule has 1 N–H and O–H groups in total. The van der Waals surface area contributed by atoms with Gasteiger partial charge in [-0.2, -0.15) is 0 Å². The molecule has 1 heterocycles. The Morgan fingerprint density at radius 1 is 1.47 bits per heavy atom. The van der Waals surface area contributed by atoms with Crippen LogP contribution in [0.5, 0.6) is 0 Å². The minimum absolute atomic E-state index is 0.0847. The molecule has 1 aliphatic carbocycles. The van der Waals surface area contributed by atoms with Gasteiger partial charge in [0.1, 0.15) is 11.3 Å². The van der Waals surface area contributed by atoms with Crippen LogP contribution in [0.4, 0.5) is 0 Å². The lowest BCUT2D eigenvalue weighted by molar-refractivity contribution is 0.0693. The lowest BCUT2D eigenvalue weighted by Gasteiger charge is -2.15. The number of hydrogen-bond donors (Lipinski definition) is 1. The van der Waals surface area contributed by atoms with Crippen molar-refractivity contribution in [1.82, 2.24) is 4.90 Å². The SMILES string of the molecule is CCc1oc(C(=O)N(C)CCC2CC2)cc1C(=O)O. The maximum atomic E-state index is 12.1. The van der Waals surface area contributed by atoms with Gasteiger partial charge in [-0.25, -0.2) is 4.79 Å². The summed E-state index contributed by atoms with van der Waals surface area (Å²) >= 11 is 0. The van der Waals surface area contributed by atoms with E-state index >= 15 is 0 Å². The van der Waals surface area contributed by atoms with E-state index in [4.69, 9.17) is 9.52 Å². The first-order valence-corrected chi connectivity index (χ1v) is 6.64. The highest BCUT2D eigenvalue weighted by Crippen LogP contribution is 2.32. The van der Waals surface area contributed by atoms with Crippen LogP contribution in [-0.2, 0) is 6.42 Å². The van der Waals surface area contributed by atoms with E-state index in [1.165, 1.54) is 18.9 Å². The first-order valence-electron chi connectivity index (χ1n) is 6.64. The lowest BCUT2D eigenvalue weighted by atomic mass is 10.2. The predicted octanol–water partition coefficient (Wildman–Crippen LogP) is 2.41. The first-order chi connectivity index (χ1) is 9.02. The van der Waals surface area contributed by atoms with Crippen LogP contribution in [0, 0.1) is 5.92 Å². The van der Waals surface area contributed by atoms with Crippen molar-refractivity contribution in [2.75, 3.05) is 13.6 Å². The van der Waals surface area contributed by atoms with Crippen LogP contribution in [-0.4, -0.2) is 35.5 Å². The molecule has 1 aromatic heterocycles. The van der Waals surface area contributed by atoms with Gasteiger partial charge in [0, 0.05) is 26.1 Å². The zero-order valence-corrected chi connectivity index (χ0v) is 11.3. The van der Waals surface area contributed by atoms with E-state index in [2.05, 4.69) is 0 Å². The largest absolute Gasteiger partial charge is 0.478 e. The van der Waals surface area contributed by atoms with E-state index in [-0.39, 0.29) is 17.2 Å². The molecule has 0 unspecified atom stereocenters. The topological polar surface area (TPSA) is 70.8 Å². The minimum Gasteiger partial charge on any atom is -0.478 e. The zero-order chi connectivity index (χ0) is 14.0. The predicted molar refractivity (Wildman–Crippen MR) is 69.3 cm³/mol. The fourth-order valence-corrected chi connectivity index (χ4v) is 2.05. The van der Waals surface area contributed by atoms with Gasteiger partial charge in [-0.05, 0) is 12.3 Å². The Morgan fingerprint density at radius 3 is 2.63 bits per heavy atom. The van der Waals surface area contributed by atoms with Gasteiger partial charge in [0.2, 0.25) is 0 Å². The second-order valence-electron chi connectivity index (χ2n) is 5.06. The average Bonchev–Trinajstić information content (AvgIpc) is 3.11. The molecule has 19 heavy (non-hydrogen) atoms. The number of carbonyl (C=O) groups excluding carboxylic acids is 1. The zero-order valence-electron chi connectivity index (χ0n) is 11.3. The maximum absolute atomic E-state index is 12.1.